The number of nitrogens with zero attached hydrogens (tertiary/aromatic N) is 1. The van der Waals surface area contributed by atoms with Crippen molar-refractivity contribution >= 4 is 5.91 Å². The number of carbonyl (C=O) groups excluding carboxylic acids is 1. The van der Waals surface area contributed by atoms with Gasteiger partial charge in [-0.15, -0.1) is 0 Å². The molecule has 1 amide bonds. The summed E-state index contributed by atoms with van der Waals surface area (Å²) in [6.07, 6.45) is 44.5. The monoisotopic (exact) mass is 577 g/mol. The van der Waals surface area contributed by atoms with Gasteiger partial charge < -0.3 is 10.6 Å². The van der Waals surface area contributed by atoms with Crippen LogP contribution < -0.4 is 5.73 Å². The molecule has 0 aromatic rings. The van der Waals surface area contributed by atoms with Crippen LogP contribution in [0.2, 0.25) is 0 Å². The van der Waals surface area contributed by atoms with Gasteiger partial charge in [-0.05, 0) is 38.5 Å². The second kappa shape index (κ2) is 35.4. The lowest BCUT2D eigenvalue weighted by molar-refractivity contribution is -0.131. The molecule has 0 saturated carbocycles. The van der Waals surface area contributed by atoms with Gasteiger partial charge in [-0.3, -0.25) is 4.79 Å². The molecule has 3 heteroatoms. The summed E-state index contributed by atoms with van der Waals surface area (Å²) in [4.78, 5) is 14.8. The zero-order valence-corrected chi connectivity index (χ0v) is 28.4. The van der Waals surface area contributed by atoms with Crippen molar-refractivity contribution in [3.05, 3.63) is 12.2 Å². The summed E-state index contributed by atoms with van der Waals surface area (Å²) in [6.45, 7) is 6.78. The molecule has 0 atom stereocenters. The lowest BCUT2D eigenvalue weighted by Gasteiger charge is -2.22. The van der Waals surface area contributed by atoms with Crippen LogP contribution in [-0.2, 0) is 4.79 Å². The molecule has 0 saturated heterocycles. The molecule has 0 rings (SSSR count). The zero-order chi connectivity index (χ0) is 29.9. The van der Waals surface area contributed by atoms with E-state index < -0.39 is 0 Å². The van der Waals surface area contributed by atoms with Gasteiger partial charge in [-0.1, -0.05) is 174 Å². The van der Waals surface area contributed by atoms with E-state index in [-0.39, 0.29) is 0 Å². The number of allylic oxidation sites excluding steroid dienone is 2. The molecule has 0 aromatic heterocycles. The Kier molecular flexibility index (Phi) is 34.7. The van der Waals surface area contributed by atoms with Crippen molar-refractivity contribution < 1.29 is 4.79 Å². The molecule has 0 radical (unpaired) electrons. The van der Waals surface area contributed by atoms with Gasteiger partial charge in [0.2, 0.25) is 5.91 Å². The third kappa shape index (κ3) is 31.9. The first-order chi connectivity index (χ1) is 20.3. The molecule has 0 aromatic carbocycles. The second-order valence-corrected chi connectivity index (χ2v) is 12.8. The smallest absolute Gasteiger partial charge is 0.222 e. The molecule has 0 aliphatic heterocycles. The van der Waals surface area contributed by atoms with Crippen LogP contribution in [-0.4, -0.2) is 30.4 Å². The number of amides is 1. The highest BCUT2D eigenvalue weighted by Gasteiger charge is 2.11. The van der Waals surface area contributed by atoms with Crippen molar-refractivity contribution in [1.29, 1.82) is 0 Å². The quantitative estimate of drug-likeness (QED) is 0.0611. The summed E-state index contributed by atoms with van der Waals surface area (Å²) in [5, 5.41) is 0. The minimum absolute atomic E-state index is 0.328. The molecule has 41 heavy (non-hydrogen) atoms. The molecule has 0 bridgehead atoms. The topological polar surface area (TPSA) is 46.3 Å². The Balaban J connectivity index is 3.54. The normalized spacial score (nSPS) is 11.6. The summed E-state index contributed by atoms with van der Waals surface area (Å²) in [7, 11) is 0. The Bertz CT molecular complexity index is 532. The van der Waals surface area contributed by atoms with Crippen LogP contribution in [0, 0.1) is 0 Å². The maximum atomic E-state index is 12.7. The number of rotatable bonds is 34. The van der Waals surface area contributed by atoms with Crippen molar-refractivity contribution in [3.8, 4) is 0 Å². The van der Waals surface area contributed by atoms with E-state index in [4.69, 9.17) is 5.73 Å². The third-order valence-corrected chi connectivity index (χ3v) is 8.69. The minimum atomic E-state index is 0.328. The molecule has 0 fully saturated rings. The Hall–Kier alpha value is -0.830. The third-order valence-electron chi connectivity index (χ3n) is 8.69. The summed E-state index contributed by atoms with van der Waals surface area (Å²) < 4.78 is 0. The molecular weight excluding hydrogens is 500 g/mol. The Morgan fingerprint density at radius 1 is 0.463 bits per heavy atom. The van der Waals surface area contributed by atoms with E-state index in [1.807, 2.05) is 4.90 Å². The highest BCUT2D eigenvalue weighted by molar-refractivity contribution is 5.76. The lowest BCUT2D eigenvalue weighted by atomic mass is 10.0. The van der Waals surface area contributed by atoms with Gasteiger partial charge >= 0.3 is 0 Å². The van der Waals surface area contributed by atoms with E-state index in [9.17, 15) is 4.79 Å². The van der Waals surface area contributed by atoms with Gasteiger partial charge in [0.1, 0.15) is 0 Å². The van der Waals surface area contributed by atoms with Crippen molar-refractivity contribution in [2.24, 2.45) is 5.73 Å². The fourth-order valence-electron chi connectivity index (χ4n) is 5.87. The average molecular weight is 577 g/mol. The average Bonchev–Trinajstić information content (AvgIpc) is 2.98. The molecular formula is C38H76N2O. The molecule has 0 unspecified atom stereocenters. The van der Waals surface area contributed by atoms with Gasteiger partial charge in [0.15, 0.2) is 0 Å². The predicted molar refractivity (Wildman–Crippen MR) is 185 cm³/mol. The van der Waals surface area contributed by atoms with Crippen LogP contribution in [0.5, 0.6) is 0 Å². The maximum Gasteiger partial charge on any atom is 0.222 e. The van der Waals surface area contributed by atoms with Crippen LogP contribution in [0.4, 0.5) is 0 Å². The highest BCUT2D eigenvalue weighted by Crippen LogP contribution is 2.15. The van der Waals surface area contributed by atoms with Gasteiger partial charge in [0.25, 0.3) is 0 Å². The van der Waals surface area contributed by atoms with Crippen molar-refractivity contribution in [2.75, 3.05) is 19.6 Å². The molecule has 0 spiro atoms. The first-order valence-corrected chi connectivity index (χ1v) is 18.9. The summed E-state index contributed by atoms with van der Waals surface area (Å²) in [5.41, 5.74) is 5.81. The van der Waals surface area contributed by atoms with Crippen LogP contribution >= 0.6 is 0 Å². The standard InChI is InChI=1S/C38H76N2O/c1-3-5-7-9-11-13-15-17-19-21-23-25-27-29-31-33-36-40(37-35-39)38(41)34-32-30-28-26-24-22-20-18-16-14-12-10-8-6-4-2/h18,20H,3-17,19,21-37,39H2,1-2H3/b20-18-. The van der Waals surface area contributed by atoms with E-state index in [2.05, 4.69) is 26.0 Å². The van der Waals surface area contributed by atoms with Crippen LogP contribution in [0.15, 0.2) is 12.2 Å². The molecule has 2 N–H and O–H groups in total. The van der Waals surface area contributed by atoms with Crippen molar-refractivity contribution in [2.45, 2.75) is 206 Å². The predicted octanol–water partition coefficient (Wildman–Crippen LogP) is 12.1. The summed E-state index contributed by atoms with van der Waals surface area (Å²) in [6, 6.07) is 0. The molecule has 0 heterocycles. The van der Waals surface area contributed by atoms with Crippen LogP contribution in [0.3, 0.4) is 0 Å². The second-order valence-electron chi connectivity index (χ2n) is 12.8. The van der Waals surface area contributed by atoms with Crippen LogP contribution in [0.25, 0.3) is 0 Å². The van der Waals surface area contributed by atoms with Crippen molar-refractivity contribution in [1.82, 2.24) is 4.90 Å². The van der Waals surface area contributed by atoms with E-state index in [1.165, 1.54) is 173 Å². The first kappa shape index (κ1) is 40.2. The summed E-state index contributed by atoms with van der Waals surface area (Å²) >= 11 is 0. The minimum Gasteiger partial charge on any atom is -0.341 e. The number of nitrogens with two attached hydrogens (primary N) is 1. The van der Waals surface area contributed by atoms with E-state index in [0.717, 1.165) is 25.9 Å². The van der Waals surface area contributed by atoms with Crippen molar-refractivity contribution in [3.63, 3.8) is 0 Å². The fraction of sp³-hybridized carbons (Fsp3) is 0.921. The zero-order valence-electron chi connectivity index (χ0n) is 28.4. The first-order valence-electron chi connectivity index (χ1n) is 18.9. The van der Waals surface area contributed by atoms with Gasteiger partial charge in [-0.25, -0.2) is 0 Å². The number of hydrogen-bond donors (Lipinski definition) is 1. The summed E-state index contributed by atoms with van der Waals surface area (Å²) in [5.74, 6) is 0.328. The van der Waals surface area contributed by atoms with Crippen LogP contribution in [0.1, 0.15) is 206 Å². The van der Waals surface area contributed by atoms with Gasteiger partial charge in [0.05, 0.1) is 0 Å². The molecule has 0 aliphatic carbocycles. The number of carbonyl (C=O) groups is 1. The highest BCUT2D eigenvalue weighted by atomic mass is 16.2. The maximum absolute atomic E-state index is 12.7. The lowest BCUT2D eigenvalue weighted by Crippen LogP contribution is -2.36. The Morgan fingerprint density at radius 2 is 0.805 bits per heavy atom. The van der Waals surface area contributed by atoms with E-state index >= 15 is 0 Å². The van der Waals surface area contributed by atoms with Gasteiger partial charge in [-0.2, -0.15) is 0 Å². The Labute approximate surface area is 259 Å². The SMILES string of the molecule is CCCCCCCC/C=C\CCCCCCCC(=O)N(CCN)CCCCCCCCCCCCCCCCCC. The number of hydrogen-bond acceptors (Lipinski definition) is 2. The van der Waals surface area contributed by atoms with E-state index in [1.54, 1.807) is 0 Å². The largest absolute Gasteiger partial charge is 0.341 e. The van der Waals surface area contributed by atoms with Gasteiger partial charge in [0, 0.05) is 26.1 Å². The molecule has 0 aliphatic rings. The molecule has 244 valence electrons. The Morgan fingerprint density at radius 3 is 1.20 bits per heavy atom. The fourth-order valence-corrected chi connectivity index (χ4v) is 5.87. The molecule has 3 nitrogen and oxygen atoms in total. The number of unbranched alkanes of at least 4 members (excludes halogenated alkanes) is 26. The van der Waals surface area contributed by atoms with E-state index in [0.29, 0.717) is 18.9 Å².